The highest BCUT2D eigenvalue weighted by molar-refractivity contribution is 5.98. The molecule has 2 aromatic rings. The molecule has 0 saturated heterocycles. The number of carbonyl (C=O) groups is 1. The lowest BCUT2D eigenvalue weighted by Gasteiger charge is -2.28. The predicted octanol–water partition coefficient (Wildman–Crippen LogP) is 3.21. The molecule has 4 nitrogen and oxygen atoms in total. The summed E-state index contributed by atoms with van der Waals surface area (Å²) >= 11 is 0. The average molecular weight is 294 g/mol. The van der Waals surface area contributed by atoms with Crippen LogP contribution in [0.2, 0.25) is 0 Å². The summed E-state index contributed by atoms with van der Waals surface area (Å²) in [5.74, 6) is 0.678. The number of amides is 1. The van der Waals surface area contributed by atoms with Crippen LogP contribution in [0.15, 0.2) is 61.2 Å². The van der Waals surface area contributed by atoms with Crippen molar-refractivity contribution in [3.05, 3.63) is 66.7 Å². The Hall–Kier alpha value is -2.75. The summed E-state index contributed by atoms with van der Waals surface area (Å²) in [5, 5.41) is 3.37. The molecule has 1 N–H and O–H groups in total. The van der Waals surface area contributed by atoms with Crippen LogP contribution < -0.4 is 15.0 Å². The van der Waals surface area contributed by atoms with Gasteiger partial charge in [0.15, 0.2) is 6.61 Å². The average Bonchev–Trinajstić information content (AvgIpc) is 2.56. The lowest BCUT2D eigenvalue weighted by Crippen LogP contribution is -2.38. The zero-order valence-electron chi connectivity index (χ0n) is 12.3. The molecule has 1 aliphatic heterocycles. The summed E-state index contributed by atoms with van der Waals surface area (Å²) < 4.78 is 5.54. The Kier molecular flexibility index (Phi) is 4.10. The molecule has 2 aromatic carbocycles. The van der Waals surface area contributed by atoms with Crippen molar-refractivity contribution < 1.29 is 9.53 Å². The molecule has 0 radical (unpaired) electrons. The highest BCUT2D eigenvalue weighted by Gasteiger charge is 2.24. The van der Waals surface area contributed by atoms with Crippen molar-refractivity contribution in [2.24, 2.45) is 0 Å². The number of hydrogen-bond acceptors (Lipinski definition) is 3. The Labute approximate surface area is 130 Å². The van der Waals surface area contributed by atoms with Gasteiger partial charge in [0, 0.05) is 24.8 Å². The molecular weight excluding hydrogens is 276 g/mol. The van der Waals surface area contributed by atoms with Gasteiger partial charge in [-0.05, 0) is 17.7 Å². The van der Waals surface area contributed by atoms with E-state index in [4.69, 9.17) is 4.74 Å². The third kappa shape index (κ3) is 2.96. The number of fused-ring (bicyclic) bond motifs is 1. The zero-order chi connectivity index (χ0) is 15.4. The highest BCUT2D eigenvalue weighted by Crippen LogP contribution is 2.34. The molecule has 0 atom stereocenters. The Morgan fingerprint density at radius 2 is 2.05 bits per heavy atom. The van der Waals surface area contributed by atoms with Gasteiger partial charge >= 0.3 is 0 Å². The molecule has 0 fully saturated rings. The van der Waals surface area contributed by atoms with Gasteiger partial charge < -0.3 is 15.0 Å². The smallest absolute Gasteiger partial charge is 0.265 e. The van der Waals surface area contributed by atoms with Crippen LogP contribution in [-0.4, -0.2) is 19.1 Å². The fourth-order valence-corrected chi connectivity index (χ4v) is 2.44. The maximum absolute atomic E-state index is 11.9. The highest BCUT2D eigenvalue weighted by atomic mass is 16.5. The van der Waals surface area contributed by atoms with Crippen molar-refractivity contribution in [3.63, 3.8) is 0 Å². The van der Waals surface area contributed by atoms with E-state index in [0.717, 1.165) is 23.7 Å². The first-order valence-corrected chi connectivity index (χ1v) is 7.24. The van der Waals surface area contributed by atoms with Crippen LogP contribution in [-0.2, 0) is 11.3 Å². The number of carbonyl (C=O) groups excluding carboxylic acids is 1. The van der Waals surface area contributed by atoms with Crippen molar-refractivity contribution in [3.8, 4) is 5.75 Å². The van der Waals surface area contributed by atoms with E-state index in [1.807, 2.05) is 36.4 Å². The molecule has 112 valence electrons. The van der Waals surface area contributed by atoms with Crippen molar-refractivity contribution >= 4 is 17.3 Å². The second-order valence-corrected chi connectivity index (χ2v) is 5.10. The molecule has 3 rings (SSSR count). The van der Waals surface area contributed by atoms with Crippen LogP contribution in [0.25, 0.3) is 0 Å². The molecule has 0 bridgehead atoms. The van der Waals surface area contributed by atoms with Gasteiger partial charge in [0.2, 0.25) is 0 Å². The number of hydrogen-bond donors (Lipinski definition) is 1. The van der Waals surface area contributed by atoms with Crippen LogP contribution in [0, 0.1) is 0 Å². The number of rotatable bonds is 5. The maximum atomic E-state index is 11.9. The minimum Gasteiger partial charge on any atom is -0.481 e. The summed E-state index contributed by atoms with van der Waals surface area (Å²) in [6, 6.07) is 16.0. The Morgan fingerprint density at radius 3 is 2.82 bits per heavy atom. The second-order valence-electron chi connectivity index (χ2n) is 5.10. The molecule has 22 heavy (non-hydrogen) atoms. The van der Waals surface area contributed by atoms with E-state index >= 15 is 0 Å². The first-order chi connectivity index (χ1) is 10.8. The minimum absolute atomic E-state index is 0.0441. The second kappa shape index (κ2) is 6.35. The van der Waals surface area contributed by atoms with Gasteiger partial charge in [-0.3, -0.25) is 4.79 Å². The lowest BCUT2D eigenvalue weighted by atomic mass is 10.2. The summed E-state index contributed by atoms with van der Waals surface area (Å²) in [5.41, 5.74) is 2.97. The third-order valence-corrected chi connectivity index (χ3v) is 3.55. The van der Waals surface area contributed by atoms with E-state index in [1.54, 1.807) is 11.0 Å². The summed E-state index contributed by atoms with van der Waals surface area (Å²) in [6.07, 6.45) is 1.72. The van der Waals surface area contributed by atoms with Crippen LogP contribution in [0.5, 0.6) is 5.75 Å². The molecule has 0 spiro atoms. The summed E-state index contributed by atoms with van der Waals surface area (Å²) in [4.78, 5) is 13.6. The number of anilines is 2. The fraction of sp³-hybridized carbons (Fsp3) is 0.167. The van der Waals surface area contributed by atoms with Gasteiger partial charge in [-0.25, -0.2) is 0 Å². The quantitative estimate of drug-likeness (QED) is 0.861. The first kappa shape index (κ1) is 14.2. The van der Waals surface area contributed by atoms with Gasteiger partial charge in [0.05, 0.1) is 5.69 Å². The Bertz CT molecular complexity index is 683. The van der Waals surface area contributed by atoms with Crippen LogP contribution >= 0.6 is 0 Å². The molecule has 0 aromatic heterocycles. The number of nitrogens with one attached hydrogen (secondary N) is 1. The lowest BCUT2D eigenvalue weighted by molar-refractivity contribution is -0.121. The summed E-state index contributed by atoms with van der Waals surface area (Å²) in [7, 11) is 0. The molecule has 0 unspecified atom stereocenters. The van der Waals surface area contributed by atoms with E-state index in [1.165, 1.54) is 5.56 Å². The monoisotopic (exact) mass is 294 g/mol. The van der Waals surface area contributed by atoms with Gasteiger partial charge in [-0.2, -0.15) is 0 Å². The van der Waals surface area contributed by atoms with Crippen molar-refractivity contribution in [1.29, 1.82) is 0 Å². The predicted molar refractivity (Wildman–Crippen MR) is 88.3 cm³/mol. The Morgan fingerprint density at radius 1 is 1.23 bits per heavy atom. The van der Waals surface area contributed by atoms with Gasteiger partial charge in [-0.1, -0.05) is 36.4 Å². The fourth-order valence-electron chi connectivity index (χ4n) is 2.44. The van der Waals surface area contributed by atoms with E-state index in [0.29, 0.717) is 6.54 Å². The van der Waals surface area contributed by atoms with Crippen LogP contribution in [0.4, 0.5) is 11.4 Å². The van der Waals surface area contributed by atoms with Gasteiger partial charge in [0.1, 0.15) is 5.75 Å². The van der Waals surface area contributed by atoms with Crippen LogP contribution in [0.3, 0.4) is 0 Å². The van der Waals surface area contributed by atoms with Crippen molar-refractivity contribution in [1.82, 2.24) is 0 Å². The van der Waals surface area contributed by atoms with E-state index in [2.05, 4.69) is 24.0 Å². The summed E-state index contributed by atoms with van der Waals surface area (Å²) in [6.45, 7) is 5.01. The molecule has 4 heteroatoms. The normalized spacial score (nSPS) is 13.3. The minimum atomic E-state index is -0.0441. The largest absolute Gasteiger partial charge is 0.481 e. The van der Waals surface area contributed by atoms with Crippen LogP contribution in [0.1, 0.15) is 5.56 Å². The van der Waals surface area contributed by atoms with Crippen molar-refractivity contribution in [2.75, 3.05) is 23.4 Å². The molecular formula is C18H18N2O2. The van der Waals surface area contributed by atoms with E-state index < -0.39 is 0 Å². The number of benzene rings is 2. The first-order valence-electron chi connectivity index (χ1n) is 7.24. The van der Waals surface area contributed by atoms with Gasteiger partial charge in [-0.15, -0.1) is 6.58 Å². The molecule has 0 saturated carbocycles. The van der Waals surface area contributed by atoms with E-state index in [-0.39, 0.29) is 12.5 Å². The number of ether oxygens (including phenoxy) is 1. The maximum Gasteiger partial charge on any atom is 0.265 e. The molecule has 1 heterocycles. The molecule has 1 aliphatic rings. The van der Waals surface area contributed by atoms with Crippen molar-refractivity contribution in [2.45, 2.75) is 6.54 Å². The molecule has 0 aliphatic carbocycles. The topological polar surface area (TPSA) is 41.6 Å². The van der Waals surface area contributed by atoms with E-state index in [9.17, 15) is 4.79 Å². The number of nitrogens with zero attached hydrogens (tertiary/aromatic N) is 1. The third-order valence-electron chi connectivity index (χ3n) is 3.55. The SMILES string of the molecule is C=CCN1C(=O)COc2cc(NCc3ccccc3)ccc21. The standard InChI is InChI=1S/C18H18N2O2/c1-2-10-20-16-9-8-15(11-17(16)22-13-18(20)21)19-12-14-6-4-3-5-7-14/h2-9,11,19H,1,10,12-13H2. The Balaban J connectivity index is 1.76. The molecule has 1 amide bonds. The zero-order valence-corrected chi connectivity index (χ0v) is 12.3. The van der Waals surface area contributed by atoms with Gasteiger partial charge in [0.25, 0.3) is 5.91 Å².